The van der Waals surface area contributed by atoms with E-state index in [1.807, 2.05) is 0 Å². The number of carbonyl (C=O) groups excluding carboxylic acids is 2. The van der Waals surface area contributed by atoms with E-state index in [0.717, 1.165) is 12.0 Å². The van der Waals surface area contributed by atoms with Gasteiger partial charge in [0.2, 0.25) is 11.8 Å². The van der Waals surface area contributed by atoms with Crippen LogP contribution in [0.15, 0.2) is 50.0 Å². The van der Waals surface area contributed by atoms with Crippen LogP contribution in [0.4, 0.5) is 5.69 Å². The highest BCUT2D eigenvalue weighted by Gasteiger charge is 2.11. The van der Waals surface area contributed by atoms with Gasteiger partial charge in [0.25, 0.3) is 5.91 Å². The summed E-state index contributed by atoms with van der Waals surface area (Å²) in [5.41, 5.74) is 1.47. The van der Waals surface area contributed by atoms with Gasteiger partial charge in [0.15, 0.2) is 16.3 Å². The third kappa shape index (κ3) is 5.78. The number of anilines is 1. The molecule has 28 heavy (non-hydrogen) atoms. The second kappa shape index (κ2) is 9.32. The molecule has 146 valence electrons. The molecule has 0 unspecified atom stereocenters. The van der Waals surface area contributed by atoms with E-state index in [0.29, 0.717) is 35.0 Å². The number of aromatic nitrogens is 2. The molecule has 8 nitrogen and oxygen atoms in total. The van der Waals surface area contributed by atoms with Crippen LogP contribution in [0, 0.1) is 6.92 Å². The highest BCUT2D eigenvalue weighted by molar-refractivity contribution is 9.10. The second-order valence-corrected chi connectivity index (χ2v) is 6.90. The highest BCUT2D eigenvalue weighted by Crippen LogP contribution is 2.16. The lowest BCUT2D eigenvalue weighted by atomic mass is 10.1. The molecular formula is C19H19BrN4O4. The Balaban J connectivity index is 1.40. The molecule has 0 spiro atoms. The first-order chi connectivity index (χ1) is 13.5. The van der Waals surface area contributed by atoms with E-state index >= 15 is 0 Å². The molecule has 2 amide bonds. The predicted molar refractivity (Wildman–Crippen MR) is 105 cm³/mol. The molecule has 0 fully saturated rings. The van der Waals surface area contributed by atoms with Gasteiger partial charge >= 0.3 is 0 Å². The third-order valence-electron chi connectivity index (χ3n) is 3.83. The molecule has 0 aliphatic rings. The van der Waals surface area contributed by atoms with Crippen molar-refractivity contribution in [3.63, 3.8) is 0 Å². The summed E-state index contributed by atoms with van der Waals surface area (Å²) in [5.74, 6) is 0.986. The maximum atomic E-state index is 12.0. The number of carbonyl (C=O) groups is 2. The number of halogens is 1. The molecule has 2 N–H and O–H groups in total. The van der Waals surface area contributed by atoms with Crippen molar-refractivity contribution in [2.75, 3.05) is 11.9 Å². The van der Waals surface area contributed by atoms with Crippen molar-refractivity contribution in [3.8, 4) is 0 Å². The van der Waals surface area contributed by atoms with Crippen LogP contribution in [0.5, 0.6) is 0 Å². The molecule has 0 bridgehead atoms. The lowest BCUT2D eigenvalue weighted by Crippen LogP contribution is -2.26. The van der Waals surface area contributed by atoms with E-state index in [1.165, 1.54) is 0 Å². The average molecular weight is 447 g/mol. The van der Waals surface area contributed by atoms with Crippen molar-refractivity contribution < 1.29 is 18.5 Å². The molecule has 3 aromatic rings. The summed E-state index contributed by atoms with van der Waals surface area (Å²) in [5, 5.41) is 9.32. The summed E-state index contributed by atoms with van der Waals surface area (Å²) < 4.78 is 10.7. The maximum absolute atomic E-state index is 12.0. The summed E-state index contributed by atoms with van der Waals surface area (Å²) in [7, 11) is 0. The fourth-order valence-corrected chi connectivity index (χ4v) is 2.80. The summed E-state index contributed by atoms with van der Waals surface area (Å²) in [6.45, 7) is 2.30. The van der Waals surface area contributed by atoms with Gasteiger partial charge in [0, 0.05) is 18.7 Å². The van der Waals surface area contributed by atoms with Gasteiger partial charge in [-0.05, 0) is 59.1 Å². The maximum Gasteiger partial charge on any atom is 0.291 e. The second-order valence-electron chi connectivity index (χ2n) is 6.12. The van der Waals surface area contributed by atoms with Crippen LogP contribution in [0.2, 0.25) is 0 Å². The Hall–Kier alpha value is -2.94. The molecule has 0 radical (unpaired) electrons. The zero-order chi connectivity index (χ0) is 19.9. The van der Waals surface area contributed by atoms with Crippen LogP contribution in [0.3, 0.4) is 0 Å². The zero-order valence-electron chi connectivity index (χ0n) is 15.2. The molecular weight excluding hydrogens is 428 g/mol. The number of rotatable bonds is 8. The fraction of sp³-hybridized carbons (Fsp3) is 0.263. The molecule has 0 saturated carbocycles. The van der Waals surface area contributed by atoms with E-state index < -0.39 is 0 Å². The molecule has 0 aliphatic heterocycles. The predicted octanol–water partition coefficient (Wildman–Crippen LogP) is 3.28. The van der Waals surface area contributed by atoms with Gasteiger partial charge in [-0.25, -0.2) is 0 Å². The zero-order valence-corrected chi connectivity index (χ0v) is 16.8. The first kappa shape index (κ1) is 19.8. The quantitative estimate of drug-likeness (QED) is 0.513. The van der Waals surface area contributed by atoms with E-state index in [4.69, 9.17) is 8.94 Å². The summed E-state index contributed by atoms with van der Waals surface area (Å²) in [4.78, 5) is 28.2. The van der Waals surface area contributed by atoms with E-state index in [2.05, 4.69) is 36.7 Å². The number of nitrogens with zero attached hydrogens (tertiary/aromatic N) is 2. The molecule has 0 aliphatic carbocycles. The molecule has 0 saturated heterocycles. The first-order valence-electron chi connectivity index (χ1n) is 8.71. The highest BCUT2D eigenvalue weighted by atomic mass is 79.9. The average Bonchev–Trinajstić information content (AvgIpc) is 3.29. The van der Waals surface area contributed by atoms with E-state index in [1.54, 1.807) is 43.3 Å². The van der Waals surface area contributed by atoms with Crippen molar-refractivity contribution in [3.05, 3.63) is 64.1 Å². The molecule has 9 heteroatoms. The Morgan fingerprint density at radius 1 is 1.14 bits per heavy atom. The van der Waals surface area contributed by atoms with Gasteiger partial charge in [-0.15, -0.1) is 0 Å². The number of nitrogens with one attached hydrogen (secondary N) is 2. The summed E-state index contributed by atoms with van der Waals surface area (Å²) in [6.07, 6.45) is 1.61. The fourth-order valence-electron chi connectivity index (χ4n) is 2.49. The largest absolute Gasteiger partial charge is 0.444 e. The Labute approximate surface area is 169 Å². The number of amides is 2. The van der Waals surface area contributed by atoms with Gasteiger partial charge < -0.3 is 19.6 Å². The summed E-state index contributed by atoms with van der Waals surface area (Å²) in [6, 6.07) is 10.3. The van der Waals surface area contributed by atoms with Crippen LogP contribution in [0.1, 0.15) is 34.3 Å². The van der Waals surface area contributed by atoms with E-state index in [-0.39, 0.29) is 24.0 Å². The minimum Gasteiger partial charge on any atom is -0.444 e. The Morgan fingerprint density at radius 3 is 2.57 bits per heavy atom. The topological polar surface area (TPSA) is 110 Å². The normalized spacial score (nSPS) is 10.6. The smallest absolute Gasteiger partial charge is 0.291 e. The van der Waals surface area contributed by atoms with Gasteiger partial charge in [0.05, 0.1) is 6.42 Å². The van der Waals surface area contributed by atoms with Crippen LogP contribution >= 0.6 is 15.9 Å². The van der Waals surface area contributed by atoms with E-state index in [9.17, 15) is 9.59 Å². The van der Waals surface area contributed by atoms with Gasteiger partial charge in [0.1, 0.15) is 0 Å². The third-order valence-corrected chi connectivity index (χ3v) is 4.26. The van der Waals surface area contributed by atoms with Crippen molar-refractivity contribution >= 4 is 33.4 Å². The van der Waals surface area contributed by atoms with Gasteiger partial charge in [-0.2, -0.15) is 4.98 Å². The van der Waals surface area contributed by atoms with Gasteiger partial charge in [-0.1, -0.05) is 17.3 Å². The number of hydrogen-bond acceptors (Lipinski definition) is 6. The Kier molecular flexibility index (Phi) is 6.59. The number of aryl methyl sites for hydroxylation is 2. The monoisotopic (exact) mass is 446 g/mol. The number of furan rings is 1. The van der Waals surface area contributed by atoms with Crippen molar-refractivity contribution in [2.24, 2.45) is 0 Å². The van der Waals surface area contributed by atoms with Crippen LogP contribution in [-0.2, 0) is 17.6 Å². The lowest BCUT2D eigenvalue weighted by Gasteiger charge is -2.06. The molecule has 3 rings (SSSR count). The van der Waals surface area contributed by atoms with Crippen LogP contribution in [0.25, 0.3) is 0 Å². The number of hydrogen-bond donors (Lipinski definition) is 2. The first-order valence-corrected chi connectivity index (χ1v) is 9.50. The Morgan fingerprint density at radius 2 is 1.93 bits per heavy atom. The number of benzene rings is 1. The standard InChI is InChI=1S/C19H19BrN4O4/c1-12-22-18(28-24-12)3-2-10-21-17(25)11-13-4-6-14(7-5-13)23-19(26)15-8-9-16(20)27-15/h4-9H,2-3,10-11H2,1H3,(H,21,25)(H,23,26). The minimum atomic E-state index is -0.340. The lowest BCUT2D eigenvalue weighted by molar-refractivity contribution is -0.120. The molecule has 1 aromatic carbocycles. The van der Waals surface area contributed by atoms with Gasteiger partial charge in [-0.3, -0.25) is 9.59 Å². The Bertz CT molecular complexity index is 949. The van der Waals surface area contributed by atoms with Crippen LogP contribution < -0.4 is 10.6 Å². The summed E-state index contributed by atoms with van der Waals surface area (Å²) >= 11 is 3.16. The molecule has 2 heterocycles. The van der Waals surface area contributed by atoms with Crippen molar-refractivity contribution in [2.45, 2.75) is 26.2 Å². The molecule has 0 atom stereocenters. The van der Waals surface area contributed by atoms with Crippen molar-refractivity contribution in [1.82, 2.24) is 15.5 Å². The minimum absolute atomic E-state index is 0.0704. The van der Waals surface area contributed by atoms with Crippen LogP contribution in [-0.4, -0.2) is 28.5 Å². The molecule has 2 aromatic heterocycles. The van der Waals surface area contributed by atoms with Crippen molar-refractivity contribution in [1.29, 1.82) is 0 Å². The SMILES string of the molecule is Cc1noc(CCCNC(=O)Cc2ccc(NC(=O)c3ccc(Br)o3)cc2)n1.